The zero-order valence-electron chi connectivity index (χ0n) is 10.6. The number of hydrogen-bond acceptors (Lipinski definition) is 2. The molecule has 1 aromatic carbocycles. The van der Waals surface area contributed by atoms with Gasteiger partial charge in [-0.05, 0) is 37.0 Å². The number of unbranched alkanes of at least 4 members (excludes halogenated alkanes) is 1. The van der Waals surface area contributed by atoms with E-state index in [0.717, 1.165) is 12.1 Å². The van der Waals surface area contributed by atoms with Gasteiger partial charge in [-0.1, -0.05) is 32.4 Å². The highest BCUT2D eigenvalue weighted by Gasteiger charge is 2.13. The number of carboxylic acids is 1. The van der Waals surface area contributed by atoms with Crippen LogP contribution in [0.25, 0.3) is 0 Å². The van der Waals surface area contributed by atoms with Crippen LogP contribution >= 0.6 is 0 Å². The lowest BCUT2D eigenvalue weighted by atomic mass is 10.1. The Morgan fingerprint density at radius 3 is 2.41 bits per heavy atom. The van der Waals surface area contributed by atoms with E-state index in [1.807, 2.05) is 19.1 Å². The number of anilines is 1. The maximum absolute atomic E-state index is 10.9. The Morgan fingerprint density at radius 2 is 1.94 bits per heavy atom. The highest BCUT2D eigenvalue weighted by molar-refractivity contribution is 5.77. The van der Waals surface area contributed by atoms with E-state index in [1.54, 1.807) is 0 Å². The fourth-order valence-electron chi connectivity index (χ4n) is 1.69. The fraction of sp³-hybridized carbons (Fsp3) is 0.500. The van der Waals surface area contributed by atoms with Gasteiger partial charge < -0.3 is 10.4 Å². The van der Waals surface area contributed by atoms with Crippen LogP contribution in [-0.4, -0.2) is 17.1 Å². The van der Waals surface area contributed by atoms with Crippen molar-refractivity contribution in [1.82, 2.24) is 0 Å². The topological polar surface area (TPSA) is 49.3 Å². The molecule has 3 heteroatoms. The van der Waals surface area contributed by atoms with Crippen molar-refractivity contribution < 1.29 is 9.90 Å². The lowest BCUT2D eigenvalue weighted by Gasteiger charge is -2.13. The fourth-order valence-corrected chi connectivity index (χ4v) is 1.69. The van der Waals surface area contributed by atoms with E-state index in [1.165, 1.54) is 18.4 Å². The predicted molar refractivity (Wildman–Crippen MR) is 70.4 cm³/mol. The molecule has 0 heterocycles. The predicted octanol–water partition coefficient (Wildman–Crippen LogP) is 3.30. The lowest BCUT2D eigenvalue weighted by molar-refractivity contribution is -0.137. The molecule has 1 rings (SSSR count). The second kappa shape index (κ2) is 6.94. The largest absolute Gasteiger partial charge is 0.480 e. The van der Waals surface area contributed by atoms with Crippen LogP contribution in [0.1, 0.15) is 38.7 Å². The van der Waals surface area contributed by atoms with Crippen LogP contribution in [0.3, 0.4) is 0 Å². The third kappa shape index (κ3) is 4.47. The van der Waals surface area contributed by atoms with E-state index in [2.05, 4.69) is 24.4 Å². The zero-order chi connectivity index (χ0) is 12.7. The molecule has 0 bridgehead atoms. The van der Waals surface area contributed by atoms with Gasteiger partial charge in [0.1, 0.15) is 6.04 Å². The normalized spacial score (nSPS) is 12.1. The first kappa shape index (κ1) is 13.6. The van der Waals surface area contributed by atoms with Crippen molar-refractivity contribution in [3.63, 3.8) is 0 Å². The van der Waals surface area contributed by atoms with Gasteiger partial charge >= 0.3 is 5.97 Å². The average Bonchev–Trinajstić information content (AvgIpc) is 2.34. The summed E-state index contributed by atoms with van der Waals surface area (Å²) in [5.74, 6) is -0.803. The molecule has 0 aromatic heterocycles. The van der Waals surface area contributed by atoms with Gasteiger partial charge in [0.2, 0.25) is 0 Å². The number of aliphatic carboxylic acids is 1. The van der Waals surface area contributed by atoms with E-state index < -0.39 is 12.0 Å². The maximum Gasteiger partial charge on any atom is 0.326 e. The summed E-state index contributed by atoms with van der Waals surface area (Å²) in [4.78, 5) is 10.9. The quantitative estimate of drug-likeness (QED) is 0.762. The Hall–Kier alpha value is -1.51. The number of nitrogens with one attached hydrogen (secondary N) is 1. The van der Waals surface area contributed by atoms with Gasteiger partial charge in [-0.15, -0.1) is 0 Å². The van der Waals surface area contributed by atoms with Crippen molar-refractivity contribution in [3.05, 3.63) is 29.8 Å². The van der Waals surface area contributed by atoms with Gasteiger partial charge in [-0.25, -0.2) is 4.79 Å². The van der Waals surface area contributed by atoms with E-state index in [9.17, 15) is 4.79 Å². The van der Waals surface area contributed by atoms with E-state index in [0.29, 0.717) is 6.42 Å². The smallest absolute Gasteiger partial charge is 0.326 e. The summed E-state index contributed by atoms with van der Waals surface area (Å²) in [5.41, 5.74) is 2.18. The van der Waals surface area contributed by atoms with Crippen LogP contribution < -0.4 is 5.32 Å². The number of hydrogen-bond donors (Lipinski definition) is 2. The molecule has 1 unspecified atom stereocenters. The van der Waals surface area contributed by atoms with Gasteiger partial charge in [-0.3, -0.25) is 0 Å². The molecule has 1 atom stereocenters. The minimum Gasteiger partial charge on any atom is -0.480 e. The average molecular weight is 235 g/mol. The monoisotopic (exact) mass is 235 g/mol. The van der Waals surface area contributed by atoms with Crippen molar-refractivity contribution in [2.45, 2.75) is 45.6 Å². The van der Waals surface area contributed by atoms with Crippen molar-refractivity contribution in [1.29, 1.82) is 0 Å². The molecule has 0 saturated carbocycles. The first-order valence-corrected chi connectivity index (χ1v) is 6.25. The molecule has 94 valence electrons. The van der Waals surface area contributed by atoms with Crippen molar-refractivity contribution in [2.75, 3.05) is 5.32 Å². The number of rotatable bonds is 7. The molecule has 17 heavy (non-hydrogen) atoms. The van der Waals surface area contributed by atoms with Gasteiger partial charge in [0, 0.05) is 5.69 Å². The molecule has 0 fully saturated rings. The zero-order valence-corrected chi connectivity index (χ0v) is 10.6. The van der Waals surface area contributed by atoms with Gasteiger partial charge in [-0.2, -0.15) is 0 Å². The number of aryl methyl sites for hydroxylation is 1. The summed E-state index contributed by atoms with van der Waals surface area (Å²) in [5, 5.41) is 12.0. The van der Waals surface area contributed by atoms with Crippen molar-refractivity contribution in [3.8, 4) is 0 Å². The summed E-state index contributed by atoms with van der Waals surface area (Å²) in [6.45, 7) is 4.04. The Balaban J connectivity index is 2.58. The summed E-state index contributed by atoms with van der Waals surface area (Å²) >= 11 is 0. The van der Waals surface area contributed by atoms with Crippen LogP contribution in [0.4, 0.5) is 5.69 Å². The Kier molecular flexibility index (Phi) is 5.53. The molecule has 0 spiro atoms. The van der Waals surface area contributed by atoms with Gasteiger partial charge in [0.05, 0.1) is 0 Å². The molecule has 2 N–H and O–H groups in total. The van der Waals surface area contributed by atoms with E-state index in [4.69, 9.17) is 5.11 Å². The minimum absolute atomic E-state index is 0.503. The van der Waals surface area contributed by atoms with Gasteiger partial charge in [0.25, 0.3) is 0 Å². The maximum atomic E-state index is 10.9. The molecule has 0 saturated heterocycles. The minimum atomic E-state index is -0.803. The summed E-state index contributed by atoms with van der Waals surface area (Å²) in [6.07, 6.45) is 4.05. The van der Waals surface area contributed by atoms with Gasteiger partial charge in [0.15, 0.2) is 0 Å². The summed E-state index contributed by atoms with van der Waals surface area (Å²) < 4.78 is 0. The second-order valence-electron chi connectivity index (χ2n) is 4.24. The van der Waals surface area contributed by atoms with E-state index in [-0.39, 0.29) is 0 Å². The Labute approximate surface area is 103 Å². The summed E-state index contributed by atoms with van der Waals surface area (Å²) in [6, 6.07) is 7.53. The molecule has 0 amide bonds. The summed E-state index contributed by atoms with van der Waals surface area (Å²) in [7, 11) is 0. The van der Waals surface area contributed by atoms with Crippen LogP contribution in [0.5, 0.6) is 0 Å². The molecular weight excluding hydrogens is 214 g/mol. The van der Waals surface area contributed by atoms with Crippen molar-refractivity contribution in [2.24, 2.45) is 0 Å². The lowest BCUT2D eigenvalue weighted by Crippen LogP contribution is -2.28. The standard InChI is InChI=1S/C14H21NO2/c1-3-5-6-11-7-9-12(10-8-11)15-13(4-2)14(16)17/h7-10,13,15H,3-6H2,1-2H3,(H,16,17). The van der Waals surface area contributed by atoms with Crippen LogP contribution in [0, 0.1) is 0 Å². The first-order valence-electron chi connectivity index (χ1n) is 6.25. The van der Waals surface area contributed by atoms with Crippen LogP contribution in [0.15, 0.2) is 24.3 Å². The third-order valence-corrected chi connectivity index (χ3v) is 2.82. The third-order valence-electron chi connectivity index (χ3n) is 2.82. The highest BCUT2D eigenvalue weighted by Crippen LogP contribution is 2.13. The number of carboxylic acid groups (broad SMARTS) is 1. The molecule has 0 aliphatic rings. The molecule has 0 radical (unpaired) electrons. The van der Waals surface area contributed by atoms with Crippen molar-refractivity contribution >= 4 is 11.7 Å². The Bertz CT molecular complexity index is 346. The second-order valence-corrected chi connectivity index (χ2v) is 4.24. The molecule has 3 nitrogen and oxygen atoms in total. The molecule has 0 aliphatic heterocycles. The highest BCUT2D eigenvalue weighted by atomic mass is 16.4. The van der Waals surface area contributed by atoms with Crippen LogP contribution in [0.2, 0.25) is 0 Å². The number of carbonyl (C=O) groups is 1. The molecule has 1 aromatic rings. The first-order chi connectivity index (χ1) is 8.17. The Morgan fingerprint density at radius 1 is 1.29 bits per heavy atom. The number of benzene rings is 1. The molecular formula is C14H21NO2. The SMILES string of the molecule is CCCCc1ccc(NC(CC)C(=O)O)cc1. The van der Waals surface area contributed by atoms with Crippen LogP contribution in [-0.2, 0) is 11.2 Å². The molecule has 0 aliphatic carbocycles. The van der Waals surface area contributed by atoms with E-state index >= 15 is 0 Å².